The lowest BCUT2D eigenvalue weighted by Gasteiger charge is -2.33. The van der Waals surface area contributed by atoms with Crippen molar-refractivity contribution in [3.8, 4) is 0 Å². The number of fused-ring (bicyclic) bond motifs is 1. The molecule has 1 amide bonds. The lowest BCUT2D eigenvalue weighted by molar-refractivity contribution is 0.136. The highest BCUT2D eigenvalue weighted by atomic mass is 16.5. The minimum atomic E-state index is -0.916. The van der Waals surface area contributed by atoms with Crippen LogP contribution in [0.3, 0.4) is 0 Å². The van der Waals surface area contributed by atoms with E-state index in [-0.39, 0.29) is 0 Å². The molecule has 1 saturated heterocycles. The Morgan fingerprint density at radius 3 is 2.57 bits per heavy atom. The fraction of sp³-hybridized carbons (Fsp3) is 0.545. The van der Waals surface area contributed by atoms with Crippen LogP contribution in [-0.2, 0) is 22.4 Å². The standard InChI is InChI=1S/C22H31N9O4/c1-3-34-13-6-16-18-19(31(28-16)12-14-35-4-2)20(25-17-5-7-23-15-24-17)27-21(26-18)29-8-10-30(11-9-29)22(32)33/h5,7,15H,3-4,6,8-14H2,1-2H3,(H,32,33)(H,23,24,25,26,27). The third-order valence-corrected chi connectivity index (χ3v) is 5.65. The Morgan fingerprint density at radius 2 is 1.89 bits per heavy atom. The van der Waals surface area contributed by atoms with Crippen LogP contribution in [0.4, 0.5) is 22.4 Å². The summed E-state index contributed by atoms with van der Waals surface area (Å²) in [6.45, 7) is 8.49. The van der Waals surface area contributed by atoms with Crippen molar-refractivity contribution in [2.45, 2.75) is 26.8 Å². The Morgan fingerprint density at radius 1 is 1.11 bits per heavy atom. The summed E-state index contributed by atoms with van der Waals surface area (Å²) in [4.78, 5) is 32.7. The molecule has 0 radical (unpaired) electrons. The van der Waals surface area contributed by atoms with Gasteiger partial charge in [0.25, 0.3) is 0 Å². The smallest absolute Gasteiger partial charge is 0.407 e. The van der Waals surface area contributed by atoms with E-state index in [4.69, 9.17) is 24.5 Å². The SMILES string of the molecule is CCOCCc1nn(CCOCC)c2c(Nc3ccncn3)nc(N3CCN(C(=O)O)CC3)nc12. The molecule has 3 aromatic heterocycles. The Kier molecular flexibility index (Phi) is 8.21. The van der Waals surface area contributed by atoms with E-state index in [1.165, 1.54) is 11.2 Å². The number of carboxylic acid groups (broad SMARTS) is 1. The summed E-state index contributed by atoms with van der Waals surface area (Å²) in [5, 5.41) is 17.4. The van der Waals surface area contributed by atoms with Crippen molar-refractivity contribution in [2.75, 3.05) is 62.8 Å². The molecule has 2 N–H and O–H groups in total. The zero-order valence-corrected chi connectivity index (χ0v) is 20.1. The predicted molar refractivity (Wildman–Crippen MR) is 129 cm³/mol. The van der Waals surface area contributed by atoms with Crippen LogP contribution in [0.2, 0.25) is 0 Å². The fourth-order valence-electron chi connectivity index (χ4n) is 3.88. The zero-order chi connectivity index (χ0) is 24.6. The minimum absolute atomic E-state index is 0.385. The number of nitrogens with zero attached hydrogens (tertiary/aromatic N) is 8. The van der Waals surface area contributed by atoms with Gasteiger partial charge in [-0.2, -0.15) is 10.1 Å². The first-order valence-corrected chi connectivity index (χ1v) is 11.8. The Bertz CT molecular complexity index is 1120. The highest BCUT2D eigenvalue weighted by molar-refractivity contribution is 5.90. The van der Waals surface area contributed by atoms with Crippen LogP contribution >= 0.6 is 0 Å². The van der Waals surface area contributed by atoms with Crippen molar-refractivity contribution in [1.29, 1.82) is 0 Å². The lowest BCUT2D eigenvalue weighted by atomic mass is 10.2. The molecule has 0 aliphatic carbocycles. The third-order valence-electron chi connectivity index (χ3n) is 5.65. The normalized spacial score (nSPS) is 14.0. The summed E-state index contributed by atoms with van der Waals surface area (Å²) >= 11 is 0. The number of hydrogen-bond donors (Lipinski definition) is 2. The minimum Gasteiger partial charge on any atom is -0.465 e. The van der Waals surface area contributed by atoms with Crippen LogP contribution in [-0.4, -0.2) is 98.4 Å². The van der Waals surface area contributed by atoms with Crippen LogP contribution in [0.15, 0.2) is 18.6 Å². The molecule has 13 nitrogen and oxygen atoms in total. The Hall–Kier alpha value is -3.58. The van der Waals surface area contributed by atoms with E-state index in [1.807, 2.05) is 23.4 Å². The Labute approximate surface area is 203 Å². The molecular formula is C22H31N9O4. The van der Waals surface area contributed by atoms with Crippen LogP contribution in [0.1, 0.15) is 19.5 Å². The second-order valence-electron chi connectivity index (χ2n) is 7.86. The van der Waals surface area contributed by atoms with E-state index in [0.29, 0.717) is 83.2 Å². The maximum absolute atomic E-state index is 11.3. The van der Waals surface area contributed by atoms with E-state index in [9.17, 15) is 9.90 Å². The van der Waals surface area contributed by atoms with Gasteiger partial charge in [0.2, 0.25) is 5.95 Å². The molecule has 188 valence electrons. The largest absolute Gasteiger partial charge is 0.465 e. The maximum atomic E-state index is 11.3. The number of rotatable bonds is 11. The molecule has 0 spiro atoms. The molecule has 13 heteroatoms. The quantitative estimate of drug-likeness (QED) is 0.383. The second-order valence-corrected chi connectivity index (χ2v) is 7.86. The highest BCUT2D eigenvalue weighted by Gasteiger charge is 2.25. The molecule has 0 atom stereocenters. The van der Waals surface area contributed by atoms with Gasteiger partial charge in [0, 0.05) is 52.0 Å². The maximum Gasteiger partial charge on any atom is 0.407 e. The predicted octanol–water partition coefficient (Wildman–Crippen LogP) is 1.78. The van der Waals surface area contributed by atoms with Gasteiger partial charge in [0.15, 0.2) is 5.82 Å². The number of piperazine rings is 1. The summed E-state index contributed by atoms with van der Waals surface area (Å²) < 4.78 is 13.0. The topological polar surface area (TPSA) is 144 Å². The number of amides is 1. The molecule has 0 saturated carbocycles. The highest BCUT2D eigenvalue weighted by Crippen LogP contribution is 2.29. The monoisotopic (exact) mass is 485 g/mol. The van der Waals surface area contributed by atoms with Gasteiger partial charge in [-0.25, -0.2) is 19.7 Å². The molecular weight excluding hydrogens is 454 g/mol. The molecule has 35 heavy (non-hydrogen) atoms. The van der Waals surface area contributed by atoms with Gasteiger partial charge in [0.05, 0.1) is 25.5 Å². The van der Waals surface area contributed by atoms with E-state index in [2.05, 4.69) is 15.3 Å². The van der Waals surface area contributed by atoms with Gasteiger partial charge in [-0.15, -0.1) is 0 Å². The molecule has 0 bridgehead atoms. The van der Waals surface area contributed by atoms with Crippen LogP contribution in [0.5, 0.6) is 0 Å². The first-order chi connectivity index (χ1) is 17.1. The van der Waals surface area contributed by atoms with Gasteiger partial charge in [-0.1, -0.05) is 0 Å². The second kappa shape index (κ2) is 11.7. The summed E-state index contributed by atoms with van der Waals surface area (Å²) in [6.07, 6.45) is 2.80. The van der Waals surface area contributed by atoms with Crippen molar-refractivity contribution < 1.29 is 19.4 Å². The number of ether oxygens (including phenoxy) is 2. The van der Waals surface area contributed by atoms with E-state index >= 15 is 0 Å². The van der Waals surface area contributed by atoms with Gasteiger partial charge < -0.3 is 29.7 Å². The number of anilines is 3. The zero-order valence-electron chi connectivity index (χ0n) is 20.1. The molecule has 0 aromatic carbocycles. The van der Waals surface area contributed by atoms with Crippen molar-refractivity contribution >= 4 is 34.7 Å². The van der Waals surface area contributed by atoms with Crippen LogP contribution < -0.4 is 10.2 Å². The number of carbonyl (C=O) groups is 1. The van der Waals surface area contributed by atoms with Crippen molar-refractivity contribution in [1.82, 2.24) is 34.6 Å². The Balaban J connectivity index is 1.75. The van der Waals surface area contributed by atoms with Gasteiger partial charge >= 0.3 is 6.09 Å². The molecule has 1 aliphatic heterocycles. The molecule has 1 aliphatic rings. The average Bonchev–Trinajstić information content (AvgIpc) is 3.23. The van der Waals surface area contributed by atoms with Crippen LogP contribution in [0.25, 0.3) is 11.0 Å². The first-order valence-electron chi connectivity index (χ1n) is 11.8. The number of nitrogens with one attached hydrogen (secondary N) is 1. The fourth-order valence-corrected chi connectivity index (χ4v) is 3.88. The molecule has 1 fully saturated rings. The third kappa shape index (κ3) is 5.92. The summed E-state index contributed by atoms with van der Waals surface area (Å²) in [6, 6.07) is 1.76. The van der Waals surface area contributed by atoms with Crippen molar-refractivity contribution in [3.05, 3.63) is 24.3 Å². The van der Waals surface area contributed by atoms with Gasteiger partial charge in [0.1, 0.15) is 23.2 Å². The average molecular weight is 486 g/mol. The first kappa shape index (κ1) is 24.5. The van der Waals surface area contributed by atoms with Gasteiger partial charge in [-0.3, -0.25) is 4.68 Å². The summed E-state index contributed by atoms with van der Waals surface area (Å²) in [5.74, 6) is 1.67. The van der Waals surface area contributed by atoms with Crippen LogP contribution in [0, 0.1) is 0 Å². The molecule has 3 aromatic rings. The number of hydrogen-bond acceptors (Lipinski definition) is 10. The van der Waals surface area contributed by atoms with E-state index in [0.717, 1.165) is 16.7 Å². The summed E-state index contributed by atoms with van der Waals surface area (Å²) in [7, 11) is 0. The lowest BCUT2D eigenvalue weighted by Crippen LogP contribution is -2.48. The number of aromatic nitrogens is 6. The molecule has 4 rings (SSSR count). The van der Waals surface area contributed by atoms with E-state index < -0.39 is 6.09 Å². The van der Waals surface area contributed by atoms with Gasteiger partial charge in [-0.05, 0) is 19.9 Å². The summed E-state index contributed by atoms with van der Waals surface area (Å²) in [5.41, 5.74) is 2.29. The molecule has 4 heterocycles. The van der Waals surface area contributed by atoms with Crippen molar-refractivity contribution in [3.63, 3.8) is 0 Å². The van der Waals surface area contributed by atoms with Crippen molar-refractivity contribution in [2.24, 2.45) is 0 Å². The van der Waals surface area contributed by atoms with E-state index in [1.54, 1.807) is 12.3 Å². The molecule has 0 unspecified atom stereocenters.